The minimum Gasteiger partial charge on any atom is -0.175 e. The van der Waals surface area contributed by atoms with Crippen LogP contribution in [0.5, 0.6) is 0 Å². The molecule has 0 saturated carbocycles. The largest absolute Gasteiger partial charge is 0.175 e. The van der Waals surface area contributed by atoms with E-state index in [1.165, 1.54) is 16.7 Å². The van der Waals surface area contributed by atoms with Gasteiger partial charge >= 0.3 is 0 Å². The van der Waals surface area contributed by atoms with Crippen LogP contribution >= 0.6 is 24.4 Å². The van der Waals surface area contributed by atoms with Crippen molar-refractivity contribution < 1.29 is 0 Å². The van der Waals surface area contributed by atoms with Crippen molar-refractivity contribution in [2.75, 3.05) is 11.5 Å². The molecule has 0 spiro atoms. The fourth-order valence-corrected chi connectivity index (χ4v) is 2.33. The van der Waals surface area contributed by atoms with Crippen molar-refractivity contribution in [1.82, 2.24) is 0 Å². The zero-order valence-electron chi connectivity index (χ0n) is 8.49. The van der Waals surface area contributed by atoms with Gasteiger partial charge in [0.25, 0.3) is 0 Å². The molecule has 2 heteroatoms. The van der Waals surface area contributed by atoms with Crippen molar-refractivity contribution in [3.63, 3.8) is 0 Å². The molecule has 1 aromatic carbocycles. The predicted molar refractivity (Wildman–Crippen MR) is 70.3 cm³/mol. The van der Waals surface area contributed by atoms with E-state index < -0.39 is 0 Å². The maximum atomic E-state index is 4.18. The SMILES string of the molecule is C=C(CS)CSCc1cccc(C)c1. The third kappa shape index (κ3) is 4.25. The average Bonchev–Trinajstić information content (AvgIpc) is 2.17. The van der Waals surface area contributed by atoms with Crippen LogP contribution in [0, 0.1) is 6.92 Å². The highest BCUT2D eigenvalue weighted by atomic mass is 32.2. The normalized spacial score (nSPS) is 10.1. The summed E-state index contributed by atoms with van der Waals surface area (Å²) in [7, 11) is 0. The molecule has 0 fully saturated rings. The molecule has 0 bridgehead atoms. The van der Waals surface area contributed by atoms with Crippen LogP contribution < -0.4 is 0 Å². The molecule has 0 N–H and O–H groups in total. The summed E-state index contributed by atoms with van der Waals surface area (Å²) in [5, 5.41) is 0. The molecule has 0 aliphatic carbocycles. The van der Waals surface area contributed by atoms with Crippen LogP contribution in [0.25, 0.3) is 0 Å². The topological polar surface area (TPSA) is 0 Å². The lowest BCUT2D eigenvalue weighted by Gasteiger charge is -2.03. The number of benzene rings is 1. The number of hydrogen-bond donors (Lipinski definition) is 1. The number of rotatable bonds is 5. The monoisotopic (exact) mass is 224 g/mol. The fraction of sp³-hybridized carbons (Fsp3) is 0.333. The first-order valence-electron chi connectivity index (χ1n) is 4.63. The van der Waals surface area contributed by atoms with Gasteiger partial charge in [-0.05, 0) is 12.5 Å². The van der Waals surface area contributed by atoms with E-state index >= 15 is 0 Å². The molecule has 76 valence electrons. The van der Waals surface area contributed by atoms with Crippen molar-refractivity contribution in [3.8, 4) is 0 Å². The van der Waals surface area contributed by atoms with Gasteiger partial charge in [-0.15, -0.1) is 0 Å². The van der Waals surface area contributed by atoms with Crippen molar-refractivity contribution in [2.24, 2.45) is 0 Å². The molecule has 0 atom stereocenters. The van der Waals surface area contributed by atoms with E-state index in [-0.39, 0.29) is 0 Å². The Balaban J connectivity index is 2.35. The van der Waals surface area contributed by atoms with Gasteiger partial charge in [0.1, 0.15) is 0 Å². The van der Waals surface area contributed by atoms with Gasteiger partial charge < -0.3 is 0 Å². The second-order valence-corrected chi connectivity index (χ2v) is 4.69. The number of hydrogen-bond acceptors (Lipinski definition) is 2. The van der Waals surface area contributed by atoms with Gasteiger partial charge in [-0.25, -0.2) is 0 Å². The van der Waals surface area contributed by atoms with Gasteiger partial charge in [0.15, 0.2) is 0 Å². The number of thioether (sulfide) groups is 1. The van der Waals surface area contributed by atoms with E-state index in [9.17, 15) is 0 Å². The minimum atomic E-state index is 0.792. The van der Waals surface area contributed by atoms with E-state index in [1.54, 1.807) is 0 Å². The number of aryl methyl sites for hydroxylation is 1. The van der Waals surface area contributed by atoms with Gasteiger partial charge in [0.2, 0.25) is 0 Å². The van der Waals surface area contributed by atoms with E-state index in [1.807, 2.05) is 11.8 Å². The summed E-state index contributed by atoms with van der Waals surface area (Å²) < 4.78 is 0. The predicted octanol–water partition coefficient (Wildman–Crippen LogP) is 3.71. The van der Waals surface area contributed by atoms with Crippen LogP contribution in [0.15, 0.2) is 36.4 Å². The van der Waals surface area contributed by atoms with E-state index in [0.29, 0.717) is 0 Å². The molecule has 0 aromatic heterocycles. The molecule has 0 amide bonds. The van der Waals surface area contributed by atoms with Crippen LogP contribution in [0.4, 0.5) is 0 Å². The summed E-state index contributed by atoms with van der Waals surface area (Å²) >= 11 is 6.08. The molecule has 0 aliphatic rings. The summed E-state index contributed by atoms with van der Waals surface area (Å²) in [5.41, 5.74) is 3.92. The second kappa shape index (κ2) is 6.20. The second-order valence-electron chi connectivity index (χ2n) is 3.39. The third-order valence-electron chi connectivity index (χ3n) is 1.88. The Hall–Kier alpha value is -0.340. The first kappa shape index (κ1) is 11.7. The van der Waals surface area contributed by atoms with Crippen molar-refractivity contribution >= 4 is 24.4 Å². The number of thiol groups is 1. The maximum Gasteiger partial charge on any atom is 0.0187 e. The highest BCUT2D eigenvalue weighted by Gasteiger charge is 1.95. The minimum absolute atomic E-state index is 0.792. The molecule has 0 saturated heterocycles. The smallest absolute Gasteiger partial charge is 0.0187 e. The lowest BCUT2D eigenvalue weighted by Crippen LogP contribution is -1.88. The van der Waals surface area contributed by atoms with Crippen LogP contribution in [-0.4, -0.2) is 11.5 Å². The van der Waals surface area contributed by atoms with Crippen molar-refractivity contribution in [3.05, 3.63) is 47.5 Å². The summed E-state index contributed by atoms with van der Waals surface area (Å²) in [6, 6.07) is 8.64. The van der Waals surface area contributed by atoms with Crippen molar-refractivity contribution in [1.29, 1.82) is 0 Å². The van der Waals surface area contributed by atoms with E-state index in [0.717, 1.165) is 17.3 Å². The molecule has 0 unspecified atom stereocenters. The Morgan fingerprint density at radius 3 is 2.93 bits per heavy atom. The molecule has 0 radical (unpaired) electrons. The van der Waals surface area contributed by atoms with E-state index in [4.69, 9.17) is 0 Å². The quantitative estimate of drug-likeness (QED) is 0.587. The molecular formula is C12H16S2. The summed E-state index contributed by atoms with van der Waals surface area (Å²) in [6.07, 6.45) is 0. The van der Waals surface area contributed by atoms with E-state index in [2.05, 4.69) is 50.4 Å². The molecule has 1 aromatic rings. The highest BCUT2D eigenvalue weighted by Crippen LogP contribution is 2.15. The third-order valence-corrected chi connectivity index (χ3v) is 3.48. The Morgan fingerprint density at radius 2 is 2.29 bits per heavy atom. The van der Waals surface area contributed by atoms with Crippen LogP contribution in [-0.2, 0) is 5.75 Å². The fourth-order valence-electron chi connectivity index (χ4n) is 1.16. The molecule has 0 aliphatic heterocycles. The molecule has 1 rings (SSSR count). The standard InChI is InChI=1S/C12H16S2/c1-10-4-3-5-12(6-10)9-14-8-11(2)7-13/h3-6,13H,2,7-9H2,1H3. The van der Waals surface area contributed by atoms with Gasteiger partial charge in [-0.1, -0.05) is 42.0 Å². The molecular weight excluding hydrogens is 208 g/mol. The highest BCUT2D eigenvalue weighted by molar-refractivity contribution is 7.98. The maximum absolute atomic E-state index is 4.18. The first-order chi connectivity index (χ1) is 6.72. The molecule has 0 nitrogen and oxygen atoms in total. The Bertz CT molecular complexity index is 305. The lowest BCUT2D eigenvalue weighted by molar-refractivity contribution is 1.34. The van der Waals surface area contributed by atoms with Crippen molar-refractivity contribution in [2.45, 2.75) is 12.7 Å². The van der Waals surface area contributed by atoms with Gasteiger partial charge in [0, 0.05) is 17.3 Å². The summed E-state index contributed by atoms with van der Waals surface area (Å²) in [6.45, 7) is 6.05. The van der Waals surface area contributed by atoms with Gasteiger partial charge in [0.05, 0.1) is 0 Å². The average molecular weight is 224 g/mol. The zero-order valence-corrected chi connectivity index (χ0v) is 10.2. The summed E-state index contributed by atoms with van der Waals surface area (Å²) in [4.78, 5) is 0. The molecule has 0 heterocycles. The first-order valence-corrected chi connectivity index (χ1v) is 6.42. The lowest BCUT2D eigenvalue weighted by atomic mass is 10.2. The Morgan fingerprint density at radius 1 is 1.50 bits per heavy atom. The van der Waals surface area contributed by atoms with Crippen LogP contribution in [0.1, 0.15) is 11.1 Å². The van der Waals surface area contributed by atoms with Gasteiger partial charge in [-0.2, -0.15) is 24.4 Å². The summed E-state index contributed by atoms with van der Waals surface area (Å²) in [5.74, 6) is 2.87. The van der Waals surface area contributed by atoms with Crippen LogP contribution in [0.3, 0.4) is 0 Å². The zero-order chi connectivity index (χ0) is 10.4. The Kier molecular flexibility index (Phi) is 5.20. The Labute approximate surface area is 96.2 Å². The molecule has 14 heavy (non-hydrogen) atoms. The van der Waals surface area contributed by atoms with Gasteiger partial charge in [-0.3, -0.25) is 0 Å². The van der Waals surface area contributed by atoms with Crippen LogP contribution in [0.2, 0.25) is 0 Å².